The van der Waals surface area contributed by atoms with Crippen LogP contribution < -0.4 is 0 Å². The molecule has 2 heterocycles. The molecule has 0 bridgehead atoms. The van der Waals surface area contributed by atoms with Gasteiger partial charge in [-0.15, -0.1) is 5.10 Å². The number of aromatic nitrogens is 3. The Labute approximate surface area is 134 Å². The molecule has 1 aliphatic rings. The van der Waals surface area contributed by atoms with Crippen LogP contribution >= 0.6 is 11.6 Å². The Morgan fingerprint density at radius 2 is 2.18 bits per heavy atom. The quantitative estimate of drug-likeness (QED) is 0.808. The average Bonchev–Trinajstić information content (AvgIpc) is 3.01. The summed E-state index contributed by atoms with van der Waals surface area (Å²) in [6.07, 6.45) is 0.543. The van der Waals surface area contributed by atoms with Gasteiger partial charge >= 0.3 is 6.09 Å². The molecule has 1 saturated heterocycles. The van der Waals surface area contributed by atoms with Crippen molar-refractivity contribution in [3.05, 3.63) is 23.2 Å². The van der Waals surface area contributed by atoms with E-state index >= 15 is 0 Å². The van der Waals surface area contributed by atoms with Gasteiger partial charge < -0.3 is 9.64 Å². The van der Waals surface area contributed by atoms with Crippen molar-refractivity contribution >= 4 is 28.7 Å². The summed E-state index contributed by atoms with van der Waals surface area (Å²) in [5.41, 5.74) is 1.21. The Bertz CT molecular complexity index is 707. The van der Waals surface area contributed by atoms with Gasteiger partial charge in [0.25, 0.3) is 0 Å². The van der Waals surface area contributed by atoms with Gasteiger partial charge in [0, 0.05) is 18.1 Å². The molecule has 1 fully saturated rings. The van der Waals surface area contributed by atoms with Crippen molar-refractivity contribution < 1.29 is 9.53 Å². The molecule has 1 atom stereocenters. The molecule has 6 nitrogen and oxygen atoms in total. The molecule has 118 valence electrons. The van der Waals surface area contributed by atoms with Gasteiger partial charge in [-0.1, -0.05) is 16.8 Å². The number of fused-ring (bicyclic) bond motifs is 1. The predicted molar refractivity (Wildman–Crippen MR) is 84.0 cm³/mol. The SMILES string of the molecule is CC(C)(C)OC(=O)N1CCC(n2nnc3ccc(Cl)cc32)C1. The van der Waals surface area contributed by atoms with Crippen molar-refractivity contribution in [3.63, 3.8) is 0 Å². The Hall–Kier alpha value is -1.82. The number of benzene rings is 1. The first-order valence-electron chi connectivity index (χ1n) is 7.32. The van der Waals surface area contributed by atoms with Crippen LogP contribution in [0.2, 0.25) is 5.02 Å². The number of halogens is 1. The van der Waals surface area contributed by atoms with Crippen molar-refractivity contribution in [1.82, 2.24) is 19.9 Å². The monoisotopic (exact) mass is 322 g/mol. The number of amides is 1. The van der Waals surface area contributed by atoms with Gasteiger partial charge in [-0.25, -0.2) is 9.48 Å². The second-order valence-corrected chi connectivity index (χ2v) is 6.97. The first kappa shape index (κ1) is 15.1. The molecular weight excluding hydrogens is 304 g/mol. The number of rotatable bonds is 1. The smallest absolute Gasteiger partial charge is 0.410 e. The zero-order valence-corrected chi connectivity index (χ0v) is 13.7. The second kappa shape index (κ2) is 5.43. The van der Waals surface area contributed by atoms with Crippen molar-refractivity contribution in [3.8, 4) is 0 Å². The normalized spacial score (nSPS) is 18.9. The van der Waals surface area contributed by atoms with Crippen LogP contribution in [0.5, 0.6) is 0 Å². The highest BCUT2D eigenvalue weighted by Crippen LogP contribution is 2.27. The van der Waals surface area contributed by atoms with E-state index in [1.165, 1.54) is 0 Å². The third-order valence-corrected chi connectivity index (χ3v) is 3.83. The zero-order chi connectivity index (χ0) is 15.9. The Morgan fingerprint density at radius 1 is 1.41 bits per heavy atom. The molecule has 1 aromatic heterocycles. The third kappa shape index (κ3) is 3.02. The van der Waals surface area contributed by atoms with Gasteiger partial charge in [0.2, 0.25) is 0 Å². The summed E-state index contributed by atoms with van der Waals surface area (Å²) in [7, 11) is 0. The topological polar surface area (TPSA) is 60.2 Å². The lowest BCUT2D eigenvalue weighted by Gasteiger charge is -2.24. The van der Waals surface area contributed by atoms with Crippen LogP contribution in [0, 0.1) is 0 Å². The van der Waals surface area contributed by atoms with E-state index < -0.39 is 5.60 Å². The summed E-state index contributed by atoms with van der Waals surface area (Å²) >= 11 is 6.05. The van der Waals surface area contributed by atoms with E-state index in [-0.39, 0.29) is 12.1 Å². The molecule has 0 saturated carbocycles. The molecule has 2 aromatic rings. The number of carbonyl (C=O) groups excluding carboxylic acids is 1. The summed E-state index contributed by atoms with van der Waals surface area (Å²) < 4.78 is 7.27. The molecule has 0 radical (unpaired) electrons. The Kier molecular flexibility index (Phi) is 3.72. The minimum Gasteiger partial charge on any atom is -0.444 e. The molecule has 1 aliphatic heterocycles. The van der Waals surface area contributed by atoms with E-state index in [1.807, 2.05) is 37.6 Å². The lowest BCUT2D eigenvalue weighted by Crippen LogP contribution is -2.35. The molecule has 3 rings (SSSR count). The summed E-state index contributed by atoms with van der Waals surface area (Å²) in [6, 6.07) is 5.59. The fraction of sp³-hybridized carbons (Fsp3) is 0.533. The summed E-state index contributed by atoms with van der Waals surface area (Å²) in [6.45, 7) is 6.82. The number of carbonyl (C=O) groups is 1. The second-order valence-electron chi connectivity index (χ2n) is 6.54. The number of hydrogen-bond acceptors (Lipinski definition) is 4. The maximum Gasteiger partial charge on any atom is 0.410 e. The Balaban J connectivity index is 1.77. The van der Waals surface area contributed by atoms with E-state index in [1.54, 1.807) is 11.0 Å². The van der Waals surface area contributed by atoms with Crippen molar-refractivity contribution in [2.24, 2.45) is 0 Å². The summed E-state index contributed by atoms with van der Waals surface area (Å²) in [5, 5.41) is 9.02. The molecule has 1 aromatic carbocycles. The predicted octanol–water partition coefficient (Wildman–Crippen LogP) is 3.27. The molecule has 22 heavy (non-hydrogen) atoms. The average molecular weight is 323 g/mol. The van der Waals surface area contributed by atoms with Crippen LogP contribution in [-0.4, -0.2) is 44.7 Å². The van der Waals surface area contributed by atoms with Crippen LogP contribution in [-0.2, 0) is 4.74 Å². The molecule has 0 spiro atoms. The van der Waals surface area contributed by atoms with Gasteiger partial charge in [-0.2, -0.15) is 0 Å². The maximum atomic E-state index is 12.1. The fourth-order valence-electron chi connectivity index (χ4n) is 2.61. The largest absolute Gasteiger partial charge is 0.444 e. The number of likely N-dealkylation sites (tertiary alicyclic amines) is 1. The van der Waals surface area contributed by atoms with Gasteiger partial charge in [0.05, 0.1) is 11.6 Å². The molecular formula is C15H19ClN4O2. The minimum absolute atomic E-state index is 0.0935. The molecule has 1 amide bonds. The van der Waals surface area contributed by atoms with Crippen molar-refractivity contribution in [2.45, 2.75) is 38.8 Å². The highest BCUT2D eigenvalue weighted by molar-refractivity contribution is 6.31. The first-order valence-corrected chi connectivity index (χ1v) is 7.70. The van der Waals surface area contributed by atoms with E-state index in [4.69, 9.17) is 16.3 Å². The van der Waals surface area contributed by atoms with E-state index in [0.29, 0.717) is 18.1 Å². The van der Waals surface area contributed by atoms with E-state index in [9.17, 15) is 4.79 Å². The van der Waals surface area contributed by atoms with Crippen LogP contribution in [0.25, 0.3) is 11.0 Å². The van der Waals surface area contributed by atoms with Gasteiger partial charge in [0.1, 0.15) is 11.1 Å². The van der Waals surface area contributed by atoms with Crippen LogP contribution in [0.1, 0.15) is 33.2 Å². The zero-order valence-electron chi connectivity index (χ0n) is 12.9. The third-order valence-electron chi connectivity index (χ3n) is 3.59. The number of hydrogen-bond donors (Lipinski definition) is 0. The van der Waals surface area contributed by atoms with Crippen LogP contribution in [0.4, 0.5) is 4.79 Å². The van der Waals surface area contributed by atoms with Gasteiger partial charge in [-0.3, -0.25) is 0 Å². The van der Waals surface area contributed by atoms with Crippen molar-refractivity contribution in [2.75, 3.05) is 13.1 Å². The molecule has 0 aliphatic carbocycles. The highest BCUT2D eigenvalue weighted by atomic mass is 35.5. The molecule has 0 N–H and O–H groups in total. The lowest BCUT2D eigenvalue weighted by molar-refractivity contribution is 0.0288. The number of ether oxygens (including phenoxy) is 1. The standard InChI is InChI=1S/C15H19ClN4O2/c1-15(2,3)22-14(21)19-7-6-11(9-19)20-13-8-10(16)4-5-12(13)17-18-20/h4-5,8,11H,6-7,9H2,1-3H3. The van der Waals surface area contributed by atoms with Gasteiger partial charge in [-0.05, 0) is 45.4 Å². The van der Waals surface area contributed by atoms with Crippen molar-refractivity contribution in [1.29, 1.82) is 0 Å². The molecule has 7 heteroatoms. The number of nitrogens with zero attached hydrogens (tertiary/aromatic N) is 4. The first-order chi connectivity index (χ1) is 10.3. The van der Waals surface area contributed by atoms with Crippen LogP contribution in [0.3, 0.4) is 0 Å². The minimum atomic E-state index is -0.483. The summed E-state index contributed by atoms with van der Waals surface area (Å²) in [4.78, 5) is 13.8. The maximum absolute atomic E-state index is 12.1. The van der Waals surface area contributed by atoms with Gasteiger partial charge in [0.15, 0.2) is 0 Å². The fourth-order valence-corrected chi connectivity index (χ4v) is 2.78. The van der Waals surface area contributed by atoms with E-state index in [2.05, 4.69) is 10.3 Å². The highest BCUT2D eigenvalue weighted by Gasteiger charge is 2.31. The van der Waals surface area contributed by atoms with Crippen LogP contribution in [0.15, 0.2) is 18.2 Å². The Morgan fingerprint density at radius 3 is 2.91 bits per heavy atom. The lowest BCUT2D eigenvalue weighted by atomic mass is 10.2. The van der Waals surface area contributed by atoms with E-state index in [0.717, 1.165) is 17.5 Å². The molecule has 1 unspecified atom stereocenters. The summed E-state index contributed by atoms with van der Waals surface area (Å²) in [5.74, 6) is 0.